The van der Waals surface area contributed by atoms with Gasteiger partial charge in [-0.3, -0.25) is 9.52 Å². The van der Waals surface area contributed by atoms with E-state index in [9.17, 15) is 31.1 Å². The molecule has 2 aromatic rings. The average molecular weight is 568 g/mol. The number of nitrogens with two attached hydrogens (primary N) is 1. The Kier molecular flexibility index (Phi) is 6.83. The van der Waals surface area contributed by atoms with Crippen LogP contribution >= 0.6 is 0 Å². The van der Waals surface area contributed by atoms with Crippen LogP contribution in [0.3, 0.4) is 0 Å². The van der Waals surface area contributed by atoms with Crippen LogP contribution in [-0.4, -0.2) is 38.6 Å². The molecule has 0 unspecified atom stereocenters. The third-order valence-electron chi connectivity index (χ3n) is 7.48. The van der Waals surface area contributed by atoms with Crippen molar-refractivity contribution in [3.63, 3.8) is 0 Å². The Bertz CT molecular complexity index is 1650. The predicted octanol–water partition coefficient (Wildman–Crippen LogP) is -0.610. The Morgan fingerprint density at radius 2 is 1.92 bits per heavy atom. The third kappa shape index (κ3) is 4.85. The molecule has 5 N–H and O–H groups in total. The number of anilines is 2. The van der Waals surface area contributed by atoms with E-state index < -0.39 is 37.9 Å². The fraction of sp³-hybridized carbons (Fsp3) is 0.292. The number of rotatable bonds is 5. The van der Waals surface area contributed by atoms with Crippen molar-refractivity contribution in [3.05, 3.63) is 71.2 Å². The molecule has 1 amide bonds. The quantitative estimate of drug-likeness (QED) is 0.276. The van der Waals surface area contributed by atoms with Gasteiger partial charge in [0.25, 0.3) is 20.2 Å². The maximum absolute atomic E-state index is 13.9. The molecule has 0 saturated heterocycles. The van der Waals surface area contributed by atoms with Gasteiger partial charge in [-0.25, -0.2) is 15.6 Å². The van der Waals surface area contributed by atoms with Crippen LogP contribution in [0.4, 0.5) is 15.8 Å². The van der Waals surface area contributed by atoms with E-state index in [1.165, 1.54) is 24.3 Å². The number of carbonyl (C=O) groups excluding carboxylic acids is 1. The Hall–Kier alpha value is -2.89. The molecule has 4 aliphatic rings. The summed E-state index contributed by atoms with van der Waals surface area (Å²) in [7, 11) is -8.54. The van der Waals surface area contributed by atoms with Crippen LogP contribution in [0.15, 0.2) is 63.1 Å². The minimum absolute atomic E-state index is 0. The van der Waals surface area contributed by atoms with Crippen molar-refractivity contribution in [1.82, 2.24) is 4.90 Å². The van der Waals surface area contributed by atoms with Crippen LogP contribution in [0.2, 0.25) is 0 Å². The summed E-state index contributed by atoms with van der Waals surface area (Å²) < 4.78 is 68.2. The Morgan fingerprint density at radius 1 is 1.21 bits per heavy atom. The van der Waals surface area contributed by atoms with Crippen molar-refractivity contribution >= 4 is 43.4 Å². The van der Waals surface area contributed by atoms with Crippen molar-refractivity contribution in [2.24, 2.45) is 27.3 Å². The molecule has 2 aliphatic heterocycles. The van der Waals surface area contributed by atoms with Crippen molar-refractivity contribution in [1.29, 1.82) is 0 Å². The van der Waals surface area contributed by atoms with Crippen LogP contribution < -0.4 is 34.0 Å². The molecule has 0 radical (unpaired) electrons. The molecule has 6 rings (SSSR count). The number of amides is 1. The summed E-state index contributed by atoms with van der Waals surface area (Å²) in [5.74, 6) is -1.78. The summed E-state index contributed by atoms with van der Waals surface area (Å²) >= 11 is 0. The van der Waals surface area contributed by atoms with Gasteiger partial charge in [0.05, 0.1) is 17.1 Å². The topological polar surface area (TPSA) is 171 Å². The number of aliphatic hydroxyl groups is 1. The van der Waals surface area contributed by atoms with Gasteiger partial charge in [0.15, 0.2) is 5.84 Å². The monoisotopic (exact) mass is 567 g/mol. The zero-order chi connectivity index (χ0) is 27.0. The molecule has 2 fully saturated rings. The Balaban J connectivity index is 0.00000308. The number of hydrogen-bond acceptors (Lipinski definition) is 7. The summed E-state index contributed by atoms with van der Waals surface area (Å²) in [5.41, 5.74) is 0.406. The molecule has 39 heavy (non-hydrogen) atoms. The summed E-state index contributed by atoms with van der Waals surface area (Å²) in [6, 6.07) is 10.2. The van der Waals surface area contributed by atoms with E-state index in [0.29, 0.717) is 5.56 Å². The van der Waals surface area contributed by atoms with Gasteiger partial charge in [-0.15, -0.1) is 10.3 Å². The van der Waals surface area contributed by atoms with Gasteiger partial charge < -0.3 is 15.3 Å². The smallest absolute Gasteiger partial charge is 0.514 e. The van der Waals surface area contributed by atoms with Crippen LogP contribution in [0.25, 0.3) is 0 Å². The molecule has 15 heteroatoms. The van der Waals surface area contributed by atoms with Crippen LogP contribution in [-0.2, 0) is 31.6 Å². The summed E-state index contributed by atoms with van der Waals surface area (Å²) in [4.78, 5) is 15.1. The second-order valence-corrected chi connectivity index (χ2v) is 12.7. The van der Waals surface area contributed by atoms with Crippen LogP contribution in [0.5, 0.6) is 0 Å². The molecule has 3 atom stereocenters. The number of carbonyl (C=O) groups is 1. The van der Waals surface area contributed by atoms with E-state index in [2.05, 4.69) is 9.71 Å². The number of halogens is 1. The Morgan fingerprint density at radius 3 is 2.62 bits per heavy atom. The van der Waals surface area contributed by atoms with Crippen molar-refractivity contribution in [2.45, 2.75) is 30.7 Å². The molecule has 2 aromatic carbocycles. The minimum atomic E-state index is -4.39. The van der Waals surface area contributed by atoms with Gasteiger partial charge >= 0.3 is 18.9 Å². The number of hydrogen-bond donors (Lipinski definition) is 4. The summed E-state index contributed by atoms with van der Waals surface area (Å²) in [6.07, 6.45) is 2.57. The van der Waals surface area contributed by atoms with Crippen LogP contribution in [0, 0.1) is 29.6 Å². The first-order valence-electron chi connectivity index (χ1n) is 11.8. The standard InChI is InChI=1S/C24H23FN5O6S2.Li/c25-15-5-1-12(2-6-15)11-30-21-14-4-3-13(9-14)19(21)22(31)20(24(30)32)23-27-17-8-7-16(28-38(26,35)36)10-18(17)37(33,34)29-23;/h1-2,5-8,10,13-14,19,28,31H,3-4,9,11H2,(H,27,29)(H2,26,35,36);/q-1;+1/t13-,14+,19+;/m0./s1. The fourth-order valence-electron chi connectivity index (χ4n) is 6.00. The molecular formula is C24H23FLiN5O6S2. The normalized spacial score (nSPS) is 25.4. The first-order valence-corrected chi connectivity index (χ1v) is 14.8. The van der Waals surface area contributed by atoms with E-state index in [1.807, 2.05) is 4.72 Å². The average Bonchev–Trinajstić information content (AvgIpc) is 3.45. The fourth-order valence-corrected chi connectivity index (χ4v) is 7.61. The molecular weight excluding hydrogens is 544 g/mol. The molecule has 200 valence electrons. The van der Waals surface area contributed by atoms with Crippen molar-refractivity contribution < 1.29 is 50.0 Å². The van der Waals surface area contributed by atoms with Gasteiger partial charge in [-0.2, -0.15) is 16.8 Å². The zero-order valence-electron chi connectivity index (χ0n) is 20.8. The maximum atomic E-state index is 13.9. The van der Waals surface area contributed by atoms with E-state index >= 15 is 0 Å². The second kappa shape index (κ2) is 9.63. The zero-order valence-corrected chi connectivity index (χ0v) is 22.4. The van der Waals surface area contributed by atoms with E-state index in [4.69, 9.17) is 5.14 Å². The molecule has 2 saturated carbocycles. The minimum Gasteiger partial charge on any atom is -0.514 e. The van der Waals surface area contributed by atoms with Crippen molar-refractivity contribution in [2.75, 3.05) is 10.0 Å². The van der Waals surface area contributed by atoms with Crippen molar-refractivity contribution in [3.8, 4) is 0 Å². The number of nitrogens with one attached hydrogen (secondary N) is 2. The number of aliphatic hydroxyl groups excluding tert-OH is 1. The molecule has 0 spiro atoms. The molecule has 11 nitrogen and oxygen atoms in total. The van der Waals surface area contributed by atoms with Gasteiger partial charge in [0.2, 0.25) is 5.91 Å². The number of sulfonamides is 1. The molecule has 2 bridgehead atoms. The van der Waals surface area contributed by atoms with Crippen LogP contribution in [0.1, 0.15) is 24.8 Å². The van der Waals surface area contributed by atoms with E-state index in [0.717, 1.165) is 31.4 Å². The van der Waals surface area contributed by atoms with Gasteiger partial charge in [0.1, 0.15) is 16.3 Å². The number of benzene rings is 2. The Labute approximate surface area is 236 Å². The third-order valence-corrected chi connectivity index (χ3v) is 9.31. The maximum Gasteiger partial charge on any atom is 1.00 e. The molecule has 2 heterocycles. The van der Waals surface area contributed by atoms with E-state index in [-0.39, 0.29) is 70.7 Å². The number of nitrogens with zero attached hydrogens (tertiary/aromatic N) is 2. The van der Waals surface area contributed by atoms with Gasteiger partial charge in [-0.1, -0.05) is 43.2 Å². The SMILES string of the molecule is NS(=O)(=O)Nc1ccc2c(c1)S(=O)(=O)N=C(C1=C(O)[C@H]3[C-]([C@@H]4CC[C@H]3C4)N(Cc3ccc(F)cc3)C1=O)N2.[Li+]. The summed E-state index contributed by atoms with van der Waals surface area (Å²) in [5, 5.41) is 19.2. The van der Waals surface area contributed by atoms with Gasteiger partial charge in [-0.05, 0) is 35.9 Å². The number of fused-ring (bicyclic) bond motifs is 6. The first-order chi connectivity index (χ1) is 17.9. The first kappa shape index (κ1) is 27.7. The van der Waals surface area contributed by atoms with E-state index in [1.54, 1.807) is 17.0 Å². The molecule has 2 aliphatic carbocycles. The predicted molar refractivity (Wildman–Crippen MR) is 136 cm³/mol. The van der Waals surface area contributed by atoms with Gasteiger partial charge in [0, 0.05) is 6.54 Å². The second-order valence-electron chi connectivity index (χ2n) is 9.85. The summed E-state index contributed by atoms with van der Waals surface area (Å²) in [6.45, 7) is 0.129. The largest absolute Gasteiger partial charge is 1.00 e. The molecule has 0 aromatic heterocycles. The number of amidine groups is 1.